The number of benzene rings is 1. The summed E-state index contributed by atoms with van der Waals surface area (Å²) in [4.78, 5) is 27.6. The van der Waals surface area contributed by atoms with Crippen molar-refractivity contribution in [1.82, 2.24) is 10.3 Å². The highest BCUT2D eigenvalue weighted by Crippen LogP contribution is 2.11. The number of ether oxygens (including phenoxy) is 1. The first-order chi connectivity index (χ1) is 11.1. The molecule has 1 aromatic carbocycles. The van der Waals surface area contributed by atoms with Crippen molar-refractivity contribution in [1.29, 1.82) is 0 Å². The predicted molar refractivity (Wildman–Crippen MR) is 87.7 cm³/mol. The van der Waals surface area contributed by atoms with Gasteiger partial charge in [0.25, 0.3) is 5.91 Å². The Balaban J connectivity index is 1.77. The highest BCUT2D eigenvalue weighted by atomic mass is 35.5. The van der Waals surface area contributed by atoms with E-state index in [1.807, 2.05) is 24.3 Å². The molecule has 1 amide bonds. The van der Waals surface area contributed by atoms with Crippen LogP contribution in [0.25, 0.3) is 0 Å². The molecule has 0 aliphatic heterocycles. The smallest absolute Gasteiger partial charge is 0.287 e. The van der Waals surface area contributed by atoms with Gasteiger partial charge in [-0.15, -0.1) is 0 Å². The van der Waals surface area contributed by atoms with E-state index in [-0.39, 0.29) is 6.42 Å². The van der Waals surface area contributed by atoms with Crippen LogP contribution in [-0.2, 0) is 22.4 Å². The molecule has 0 bridgehead atoms. The van der Waals surface area contributed by atoms with Crippen molar-refractivity contribution in [3.63, 3.8) is 0 Å². The van der Waals surface area contributed by atoms with Crippen molar-refractivity contribution >= 4 is 23.3 Å². The summed E-state index contributed by atoms with van der Waals surface area (Å²) >= 11 is 5.72. The van der Waals surface area contributed by atoms with Gasteiger partial charge in [-0.05, 0) is 36.2 Å². The van der Waals surface area contributed by atoms with Crippen LogP contribution in [0.2, 0.25) is 5.02 Å². The SMILES string of the molecule is COc1ccc(CCNC(=O)C(=O)Cc2ccc(Cl)cn2)cc1. The van der Waals surface area contributed by atoms with E-state index < -0.39 is 11.7 Å². The van der Waals surface area contributed by atoms with Gasteiger partial charge in [0.05, 0.1) is 18.6 Å². The molecule has 6 heteroatoms. The molecule has 2 rings (SSSR count). The molecule has 0 aliphatic rings. The van der Waals surface area contributed by atoms with Crippen molar-refractivity contribution < 1.29 is 14.3 Å². The molecule has 1 N–H and O–H groups in total. The number of amides is 1. The Morgan fingerprint density at radius 3 is 2.52 bits per heavy atom. The number of methoxy groups -OCH3 is 1. The number of ketones is 1. The van der Waals surface area contributed by atoms with Crippen LogP contribution in [0.3, 0.4) is 0 Å². The fraction of sp³-hybridized carbons (Fsp3) is 0.235. The maximum Gasteiger partial charge on any atom is 0.287 e. The molecule has 0 spiro atoms. The van der Waals surface area contributed by atoms with Crippen molar-refractivity contribution in [2.45, 2.75) is 12.8 Å². The van der Waals surface area contributed by atoms with E-state index in [9.17, 15) is 9.59 Å². The van der Waals surface area contributed by atoms with Crippen molar-refractivity contribution in [2.75, 3.05) is 13.7 Å². The number of nitrogens with zero attached hydrogens (tertiary/aromatic N) is 1. The van der Waals surface area contributed by atoms with E-state index in [0.29, 0.717) is 23.7 Å². The molecule has 1 aromatic heterocycles. The van der Waals surface area contributed by atoms with E-state index in [4.69, 9.17) is 16.3 Å². The van der Waals surface area contributed by atoms with Crippen LogP contribution in [0.15, 0.2) is 42.6 Å². The number of Topliss-reactive ketones (excluding diaryl/α,β-unsaturated/α-hetero) is 1. The highest BCUT2D eigenvalue weighted by Gasteiger charge is 2.14. The summed E-state index contributed by atoms with van der Waals surface area (Å²) in [5.41, 5.74) is 1.57. The van der Waals surface area contributed by atoms with Gasteiger partial charge in [-0.25, -0.2) is 0 Å². The summed E-state index contributed by atoms with van der Waals surface area (Å²) in [5.74, 6) is -0.340. The second-order valence-electron chi connectivity index (χ2n) is 4.92. The van der Waals surface area contributed by atoms with Crippen LogP contribution < -0.4 is 10.1 Å². The number of aromatic nitrogens is 1. The zero-order valence-electron chi connectivity index (χ0n) is 12.7. The molecule has 0 aliphatic carbocycles. The number of carbonyl (C=O) groups is 2. The Hall–Kier alpha value is -2.40. The van der Waals surface area contributed by atoms with Gasteiger partial charge >= 0.3 is 0 Å². The largest absolute Gasteiger partial charge is 0.497 e. The van der Waals surface area contributed by atoms with Gasteiger partial charge in [0.1, 0.15) is 5.75 Å². The minimum atomic E-state index is -0.602. The highest BCUT2D eigenvalue weighted by molar-refractivity contribution is 6.36. The first-order valence-electron chi connectivity index (χ1n) is 7.13. The molecule has 0 unspecified atom stereocenters. The zero-order chi connectivity index (χ0) is 16.7. The summed E-state index contributed by atoms with van der Waals surface area (Å²) in [6.07, 6.45) is 2.06. The summed E-state index contributed by atoms with van der Waals surface area (Å²) in [6.45, 7) is 0.394. The lowest BCUT2D eigenvalue weighted by molar-refractivity contribution is -0.137. The monoisotopic (exact) mass is 332 g/mol. The van der Waals surface area contributed by atoms with Gasteiger partial charge in [0.15, 0.2) is 0 Å². The summed E-state index contributed by atoms with van der Waals surface area (Å²) in [5, 5.41) is 3.11. The van der Waals surface area contributed by atoms with E-state index in [0.717, 1.165) is 11.3 Å². The Labute approximate surface area is 139 Å². The second-order valence-corrected chi connectivity index (χ2v) is 5.36. The van der Waals surface area contributed by atoms with Crippen LogP contribution in [0.5, 0.6) is 5.75 Å². The third kappa shape index (κ3) is 5.38. The number of nitrogens with one attached hydrogen (secondary N) is 1. The van der Waals surface area contributed by atoms with Crippen molar-refractivity contribution in [3.8, 4) is 5.75 Å². The van der Waals surface area contributed by atoms with Crippen LogP contribution in [0, 0.1) is 0 Å². The van der Waals surface area contributed by atoms with Crippen molar-refractivity contribution in [3.05, 3.63) is 58.9 Å². The van der Waals surface area contributed by atoms with Gasteiger partial charge in [0, 0.05) is 18.4 Å². The maximum atomic E-state index is 11.8. The van der Waals surface area contributed by atoms with E-state index >= 15 is 0 Å². The Kier molecular flexibility index (Phi) is 6.11. The van der Waals surface area contributed by atoms with Gasteiger partial charge in [-0.1, -0.05) is 23.7 Å². The molecule has 0 atom stereocenters. The first kappa shape index (κ1) is 17.0. The molecule has 1 heterocycles. The molecule has 120 valence electrons. The molecular weight excluding hydrogens is 316 g/mol. The standard InChI is InChI=1S/C17H17ClN2O3/c1-23-15-6-2-12(3-7-15)8-9-19-17(22)16(21)10-14-5-4-13(18)11-20-14/h2-7,11H,8-10H2,1H3,(H,19,22). The van der Waals surface area contributed by atoms with Crippen LogP contribution in [0.4, 0.5) is 0 Å². The lowest BCUT2D eigenvalue weighted by atomic mass is 10.1. The maximum absolute atomic E-state index is 11.8. The third-order valence-corrected chi connectivity index (χ3v) is 3.47. The molecule has 0 fully saturated rings. The van der Waals surface area contributed by atoms with Gasteiger partial charge < -0.3 is 10.1 Å². The van der Waals surface area contributed by atoms with Gasteiger partial charge in [0.2, 0.25) is 5.78 Å². The van der Waals surface area contributed by atoms with E-state index in [1.54, 1.807) is 19.2 Å². The Bertz CT molecular complexity index is 669. The second kappa shape index (κ2) is 8.29. The van der Waals surface area contributed by atoms with E-state index in [1.165, 1.54) is 6.20 Å². The summed E-state index contributed by atoms with van der Waals surface area (Å²) in [7, 11) is 1.61. The molecule has 0 radical (unpaired) electrons. The predicted octanol–water partition coefficient (Wildman–Crippen LogP) is 2.21. The minimum absolute atomic E-state index is 0.0362. The van der Waals surface area contributed by atoms with Gasteiger partial charge in [-0.2, -0.15) is 0 Å². The normalized spacial score (nSPS) is 10.2. The number of hydrogen-bond donors (Lipinski definition) is 1. The Morgan fingerprint density at radius 1 is 1.17 bits per heavy atom. The molecule has 23 heavy (non-hydrogen) atoms. The van der Waals surface area contributed by atoms with Crippen LogP contribution in [0.1, 0.15) is 11.3 Å². The number of pyridine rings is 1. The van der Waals surface area contributed by atoms with Crippen molar-refractivity contribution in [2.24, 2.45) is 0 Å². The lowest BCUT2D eigenvalue weighted by Crippen LogP contribution is -2.33. The average molecular weight is 333 g/mol. The minimum Gasteiger partial charge on any atom is -0.497 e. The van der Waals surface area contributed by atoms with E-state index in [2.05, 4.69) is 10.3 Å². The molecular formula is C17H17ClN2O3. The fourth-order valence-electron chi connectivity index (χ4n) is 1.97. The summed E-state index contributed by atoms with van der Waals surface area (Å²) < 4.78 is 5.08. The van der Waals surface area contributed by atoms with Crippen LogP contribution >= 0.6 is 11.6 Å². The average Bonchev–Trinajstić information content (AvgIpc) is 2.57. The third-order valence-electron chi connectivity index (χ3n) is 3.24. The topological polar surface area (TPSA) is 68.3 Å². The van der Waals surface area contributed by atoms with Crippen LogP contribution in [-0.4, -0.2) is 30.3 Å². The zero-order valence-corrected chi connectivity index (χ0v) is 13.5. The molecule has 5 nitrogen and oxygen atoms in total. The number of carbonyl (C=O) groups excluding carboxylic acids is 2. The lowest BCUT2D eigenvalue weighted by Gasteiger charge is -2.06. The number of hydrogen-bond acceptors (Lipinski definition) is 4. The number of rotatable bonds is 7. The summed E-state index contributed by atoms with van der Waals surface area (Å²) in [6, 6.07) is 10.8. The quantitative estimate of drug-likeness (QED) is 0.789. The molecule has 0 saturated heterocycles. The number of halogens is 1. The molecule has 2 aromatic rings. The van der Waals surface area contributed by atoms with Gasteiger partial charge in [-0.3, -0.25) is 14.6 Å². The Morgan fingerprint density at radius 2 is 1.91 bits per heavy atom. The molecule has 0 saturated carbocycles. The first-order valence-corrected chi connectivity index (χ1v) is 7.50. The fourth-order valence-corrected chi connectivity index (χ4v) is 2.08.